The van der Waals surface area contributed by atoms with Gasteiger partial charge in [-0.25, -0.2) is 13.4 Å². The van der Waals surface area contributed by atoms with Crippen LogP contribution in [0.5, 0.6) is 0 Å². The Kier molecular flexibility index (Phi) is 7.95. The highest BCUT2D eigenvalue weighted by Crippen LogP contribution is 2.24. The zero-order valence-electron chi connectivity index (χ0n) is 10.3. The third-order valence-corrected chi connectivity index (χ3v) is 2.81. The number of methoxy groups -OCH3 is 1. The smallest absolute Gasteiger partial charge is 0.434 e. The zero-order chi connectivity index (χ0) is 15.1. The van der Waals surface area contributed by atoms with E-state index in [-0.39, 0.29) is 12.7 Å². The summed E-state index contributed by atoms with van der Waals surface area (Å²) in [6.45, 7) is 0.245. The van der Waals surface area contributed by atoms with Crippen LogP contribution in [0.1, 0.15) is 13.3 Å². The van der Waals surface area contributed by atoms with Crippen LogP contribution >= 0.6 is 0 Å². The molecule has 0 spiro atoms. The second-order valence-electron chi connectivity index (χ2n) is 3.52. The van der Waals surface area contributed by atoms with Crippen molar-refractivity contribution in [2.75, 3.05) is 20.3 Å². The van der Waals surface area contributed by atoms with Crippen molar-refractivity contribution in [3.8, 4) is 0 Å². The molecule has 0 bridgehead atoms. The van der Waals surface area contributed by atoms with E-state index in [1.54, 1.807) is 6.92 Å². The fraction of sp³-hybridized carbons (Fsp3) is 0.889. The van der Waals surface area contributed by atoms with Crippen LogP contribution in [0.4, 0.5) is 18.0 Å². The molecule has 0 rings (SSSR count). The Morgan fingerprint density at radius 3 is 2.47 bits per heavy atom. The molecular weight excluding hydrogens is 293 g/mol. The number of ether oxygens (including phenoxy) is 3. The van der Waals surface area contributed by atoms with Crippen LogP contribution in [-0.4, -0.2) is 52.8 Å². The highest BCUT2D eigenvalue weighted by Gasteiger charge is 2.47. The molecule has 0 fully saturated rings. The van der Waals surface area contributed by atoms with Gasteiger partial charge in [0, 0.05) is 13.5 Å². The molecule has 0 aromatic rings. The number of hydrogen-bond donors (Lipinski definition) is 1. The molecular formula is C9H15F3O6S. The van der Waals surface area contributed by atoms with Gasteiger partial charge in [-0.15, -0.1) is 0 Å². The molecule has 0 aliphatic carbocycles. The van der Waals surface area contributed by atoms with E-state index in [1.165, 1.54) is 7.11 Å². The predicted octanol–water partition coefficient (Wildman–Crippen LogP) is 1.72. The quantitative estimate of drug-likeness (QED) is 0.543. The number of carbonyl (C=O) groups excluding carboxylic acids is 1. The van der Waals surface area contributed by atoms with E-state index in [2.05, 4.69) is 9.47 Å². The Morgan fingerprint density at radius 1 is 1.42 bits per heavy atom. The highest BCUT2D eigenvalue weighted by molar-refractivity contribution is 7.80. The summed E-state index contributed by atoms with van der Waals surface area (Å²) in [5.41, 5.74) is 0. The van der Waals surface area contributed by atoms with Gasteiger partial charge in [-0.2, -0.15) is 8.78 Å². The molecule has 0 amide bonds. The number of halogens is 3. The number of carbonyl (C=O) groups is 1. The first-order valence-electron chi connectivity index (χ1n) is 5.17. The zero-order valence-corrected chi connectivity index (χ0v) is 11.1. The van der Waals surface area contributed by atoms with E-state index in [1.807, 2.05) is 0 Å². The van der Waals surface area contributed by atoms with Gasteiger partial charge in [0.1, 0.15) is 6.61 Å². The van der Waals surface area contributed by atoms with Gasteiger partial charge in [-0.3, -0.25) is 0 Å². The molecule has 6 nitrogen and oxygen atoms in total. The van der Waals surface area contributed by atoms with E-state index in [4.69, 9.17) is 9.29 Å². The molecule has 1 N–H and O–H groups in total. The Bertz CT molecular complexity index is 314. The van der Waals surface area contributed by atoms with Gasteiger partial charge < -0.3 is 18.8 Å². The van der Waals surface area contributed by atoms with E-state index >= 15 is 0 Å². The lowest BCUT2D eigenvalue weighted by molar-refractivity contribution is -0.0390. The third-order valence-electron chi connectivity index (χ3n) is 2.09. The molecule has 0 aliphatic heterocycles. The van der Waals surface area contributed by atoms with Gasteiger partial charge >= 0.3 is 11.4 Å². The number of hydrogen-bond acceptors (Lipinski definition) is 5. The van der Waals surface area contributed by atoms with Crippen LogP contribution in [0.25, 0.3) is 0 Å². The summed E-state index contributed by atoms with van der Waals surface area (Å²) < 4.78 is 69.7. The van der Waals surface area contributed by atoms with Crippen LogP contribution in [0.2, 0.25) is 0 Å². The average Bonchev–Trinajstić information content (AvgIpc) is 2.35. The molecule has 0 saturated heterocycles. The van der Waals surface area contributed by atoms with Gasteiger partial charge in [0.05, 0.1) is 12.7 Å². The highest BCUT2D eigenvalue weighted by atomic mass is 32.2. The van der Waals surface area contributed by atoms with E-state index < -0.39 is 35.3 Å². The molecule has 19 heavy (non-hydrogen) atoms. The Hall–Kier alpha value is -0.870. The van der Waals surface area contributed by atoms with Crippen LogP contribution in [0.15, 0.2) is 0 Å². The van der Waals surface area contributed by atoms with Gasteiger partial charge in [-0.1, -0.05) is 0 Å². The average molecular weight is 308 g/mol. The first-order valence-corrected chi connectivity index (χ1v) is 6.27. The molecule has 114 valence electrons. The predicted molar refractivity (Wildman–Crippen MR) is 59.0 cm³/mol. The molecule has 3 atom stereocenters. The minimum absolute atomic E-state index is 0.0902. The number of alkyl halides is 3. The largest absolute Gasteiger partial charge is 0.508 e. The van der Waals surface area contributed by atoms with Crippen molar-refractivity contribution < 1.29 is 40.9 Å². The second-order valence-corrected chi connectivity index (χ2v) is 4.57. The fourth-order valence-corrected chi connectivity index (χ4v) is 1.10. The van der Waals surface area contributed by atoms with Gasteiger partial charge in [0.2, 0.25) is 17.3 Å². The maximum Gasteiger partial charge on any atom is 0.508 e. The molecule has 0 saturated carbocycles. The van der Waals surface area contributed by atoms with E-state index in [0.29, 0.717) is 6.42 Å². The van der Waals surface area contributed by atoms with Crippen molar-refractivity contribution in [1.29, 1.82) is 0 Å². The molecule has 0 heterocycles. The maximum atomic E-state index is 12.8. The SMILES string of the molecule is COC(C)CCOC(=O)OCC(F)C(F)(F)S(=O)O. The summed E-state index contributed by atoms with van der Waals surface area (Å²) in [5.74, 6) is 0. The standard InChI is InChI=1S/C9H15F3O6S/c1-6(16-2)3-4-17-8(13)18-5-7(10)9(11,12)19(14)15/h6-7H,3-5H2,1-2H3,(H,14,15). The molecule has 0 aromatic heterocycles. The van der Waals surface area contributed by atoms with Crippen molar-refractivity contribution >= 4 is 17.2 Å². The van der Waals surface area contributed by atoms with E-state index in [0.717, 1.165) is 0 Å². The minimum Gasteiger partial charge on any atom is -0.434 e. The maximum absolute atomic E-state index is 12.8. The van der Waals surface area contributed by atoms with Crippen LogP contribution < -0.4 is 0 Å². The summed E-state index contributed by atoms with van der Waals surface area (Å²) in [7, 11) is 1.45. The summed E-state index contributed by atoms with van der Waals surface area (Å²) in [6.07, 6.45) is -4.27. The van der Waals surface area contributed by atoms with Crippen molar-refractivity contribution in [2.45, 2.75) is 30.9 Å². The molecule has 0 aromatic carbocycles. The first kappa shape index (κ1) is 18.1. The van der Waals surface area contributed by atoms with Gasteiger partial charge in [-0.05, 0) is 6.92 Å². The second kappa shape index (κ2) is 8.33. The van der Waals surface area contributed by atoms with Crippen molar-refractivity contribution in [3.05, 3.63) is 0 Å². The molecule has 0 aliphatic rings. The Labute approximate surface area is 110 Å². The van der Waals surface area contributed by atoms with Crippen LogP contribution in [-0.2, 0) is 25.3 Å². The number of rotatable bonds is 8. The van der Waals surface area contributed by atoms with E-state index in [9.17, 15) is 22.2 Å². The third kappa shape index (κ3) is 6.73. The summed E-state index contributed by atoms with van der Waals surface area (Å²) in [5, 5.41) is -4.51. The van der Waals surface area contributed by atoms with Crippen molar-refractivity contribution in [2.24, 2.45) is 0 Å². The minimum atomic E-state index is -4.51. The molecule has 0 radical (unpaired) electrons. The first-order chi connectivity index (χ1) is 8.71. The van der Waals surface area contributed by atoms with Crippen LogP contribution in [0, 0.1) is 0 Å². The summed E-state index contributed by atoms with van der Waals surface area (Å²) in [4.78, 5) is 10.9. The van der Waals surface area contributed by atoms with Gasteiger partial charge in [0.25, 0.3) is 0 Å². The van der Waals surface area contributed by atoms with Gasteiger partial charge in [0.15, 0.2) is 0 Å². The fourth-order valence-electron chi connectivity index (χ4n) is 0.815. The lowest BCUT2D eigenvalue weighted by Crippen LogP contribution is -2.38. The Morgan fingerprint density at radius 2 is 2.00 bits per heavy atom. The monoisotopic (exact) mass is 308 g/mol. The lowest BCUT2D eigenvalue weighted by atomic mass is 10.3. The van der Waals surface area contributed by atoms with Crippen molar-refractivity contribution in [3.63, 3.8) is 0 Å². The van der Waals surface area contributed by atoms with Crippen LogP contribution in [0.3, 0.4) is 0 Å². The van der Waals surface area contributed by atoms with Crippen molar-refractivity contribution in [1.82, 2.24) is 0 Å². The normalized spacial score (nSPS) is 16.5. The Balaban J connectivity index is 3.94. The lowest BCUT2D eigenvalue weighted by Gasteiger charge is -2.16. The molecule has 10 heteroatoms. The topological polar surface area (TPSA) is 82.1 Å². The molecule has 3 unspecified atom stereocenters. The summed E-state index contributed by atoms with van der Waals surface area (Å²) >= 11 is -3.69. The summed E-state index contributed by atoms with van der Waals surface area (Å²) in [6, 6.07) is 0.